The molecule has 0 saturated heterocycles. The zero-order valence-electron chi connectivity index (χ0n) is 70.9. The van der Waals surface area contributed by atoms with Crippen molar-refractivity contribution in [1.29, 1.82) is 0 Å². The zero-order chi connectivity index (χ0) is 88.7. The number of nitrogens with two attached hydrogens (primary N) is 3. The van der Waals surface area contributed by atoms with Crippen LogP contribution < -0.4 is 17.2 Å². The average molecular weight is 2180 g/mol. The average Bonchev–Trinajstić information content (AvgIpc) is 0.799. The summed E-state index contributed by atoms with van der Waals surface area (Å²) in [7, 11) is -8.64. The van der Waals surface area contributed by atoms with Gasteiger partial charge in [-0.15, -0.1) is 0 Å². The summed E-state index contributed by atoms with van der Waals surface area (Å²) in [5.74, 6) is -3.81. The third kappa shape index (κ3) is 46.4. The molecule has 0 spiro atoms. The lowest BCUT2D eigenvalue weighted by Gasteiger charge is -2.41. The highest BCUT2D eigenvalue weighted by Gasteiger charge is 2.40. The summed E-state index contributed by atoms with van der Waals surface area (Å²) in [6, 6.07) is 21.8. The number of nitrogens with zero attached hydrogens (tertiary/aromatic N) is 3. The van der Waals surface area contributed by atoms with Gasteiger partial charge in [0.05, 0.1) is 89.1 Å². The van der Waals surface area contributed by atoms with Gasteiger partial charge in [0.15, 0.2) is 0 Å². The Labute approximate surface area is 754 Å². The molecule has 10 N–H and O–H groups in total. The standard InChI is InChI=1S/C17H17F2N3O3.C17H27FIO4P.C16H26FINO4P.C14H32NO2P.C9H10FIO.C8H9FINO.CH4.H2S/c18-11-6-9(1-3-10(11)17(24)25)15-16(20)21-7-13(22-15)8-2-4-14(23)12(19)5-8;1-12(13-8-14(18)10-15(19)9-13)11-21-24(20,22-16(2,3)4)23-17(5,6)7;1-15(2,3)22-24(20,23-16(4,5)6)21-10-14(19)11-7-12(17)9-13(18)8-11;1-11(2)15(12(3)4)18(16-13(5,6)7)17-14(8,9)10;1-6(5-12)7-2-8(10)4-9(11)3-7;9-6-1-5(8(11)4-12)2-7(10)3-6;;/h1,3,6-8,12,14,23H,2,4-5H2,(H2,20,21)(H,24,25);8-10,12H,11H2,1-7H3;7-9,14H,10,19H2,1-6H3;11-12H,1-10H3;2-4,6,12H,5H2,1H3;1-3,8,12H,4,11H2;1H4;1H2/t8-,12-,14-;12-;14-;;6-;8-;;/m011.11../s1. The van der Waals surface area contributed by atoms with Gasteiger partial charge in [0.1, 0.15) is 46.8 Å². The fraction of sp³-hybridized carbons (Fsp3) is 0.573. The van der Waals surface area contributed by atoms with E-state index in [-0.39, 0.29) is 118 Å². The number of phosphoric ester groups is 2. The molecule has 1 aliphatic carbocycles. The number of carbonyl (C=O) groups is 1. The van der Waals surface area contributed by atoms with Gasteiger partial charge in [-0.2, -0.15) is 13.5 Å². The number of anilines is 1. The number of hydrogen-bond donors (Lipinski definition) is 7. The number of aliphatic hydroxyl groups excluding tert-OH is 3. The third-order valence-corrected chi connectivity index (χ3v) is 24.1. The van der Waals surface area contributed by atoms with Gasteiger partial charge in [0.25, 0.3) is 8.53 Å². The van der Waals surface area contributed by atoms with Crippen LogP contribution >= 0.6 is 128 Å². The Kier molecular flexibility index (Phi) is 49.7. The van der Waals surface area contributed by atoms with Crippen molar-refractivity contribution in [2.45, 2.75) is 281 Å². The minimum absolute atomic E-state index is 0. The molecule has 0 unspecified atom stereocenters. The number of halogens is 10. The number of rotatable bonds is 24. The molecule has 7 rings (SSSR count). The molecular weight excluding hydrogens is 2060 g/mol. The number of hydrogen-bond acceptors (Lipinski definition) is 20. The van der Waals surface area contributed by atoms with Crippen LogP contribution in [0.4, 0.5) is 32.2 Å². The summed E-state index contributed by atoms with van der Waals surface area (Å²) in [6.45, 7) is 46.1. The van der Waals surface area contributed by atoms with E-state index >= 15 is 0 Å². The van der Waals surface area contributed by atoms with Crippen LogP contribution in [0.25, 0.3) is 11.3 Å². The maximum absolute atomic E-state index is 13.9. The van der Waals surface area contributed by atoms with Crippen LogP contribution in [-0.4, -0.2) is 125 Å². The maximum atomic E-state index is 13.9. The molecule has 1 aromatic heterocycles. The number of nitrogen functional groups attached to an aromatic ring is 1. The molecule has 0 amide bonds. The topological polar surface area (TPSA) is 313 Å². The summed E-state index contributed by atoms with van der Waals surface area (Å²) in [4.78, 5) is 19.4. The summed E-state index contributed by atoms with van der Waals surface area (Å²) in [5.41, 5.74) is 17.6. The van der Waals surface area contributed by atoms with Crippen LogP contribution in [0.1, 0.15) is 261 Å². The van der Waals surface area contributed by atoms with Gasteiger partial charge in [-0.05, 0) is 369 Å². The van der Waals surface area contributed by atoms with Gasteiger partial charge >= 0.3 is 21.6 Å². The van der Waals surface area contributed by atoms with Crippen molar-refractivity contribution in [2.24, 2.45) is 11.5 Å². The van der Waals surface area contributed by atoms with Crippen molar-refractivity contribution in [3.8, 4) is 11.3 Å². The maximum Gasteiger partial charge on any atom is 0.475 e. The first kappa shape index (κ1) is 115. The molecule has 1 saturated carbocycles. The summed E-state index contributed by atoms with van der Waals surface area (Å²) < 4.78 is 157. The second kappa shape index (κ2) is 50.7. The molecule has 1 aliphatic rings. The minimum Gasteiger partial charge on any atom is -0.478 e. The monoisotopic (exact) mass is 2180 g/mol. The number of aromatic carboxylic acids is 1. The van der Waals surface area contributed by atoms with Gasteiger partial charge in [0, 0.05) is 56.3 Å². The lowest BCUT2D eigenvalue weighted by molar-refractivity contribution is 0.000193. The number of carboxylic acids is 1. The normalized spacial score (nSPS) is 15.9. The molecule has 21 nitrogen and oxygen atoms in total. The van der Waals surface area contributed by atoms with Gasteiger partial charge < -0.3 is 46.7 Å². The van der Waals surface area contributed by atoms with E-state index in [0.717, 1.165) is 37.5 Å². The highest BCUT2D eigenvalue weighted by atomic mass is 127. The SMILES string of the molecule is C.CC(C)(C)OP(=O)(OC[C@@H](N)c1cc(F)cc(I)c1)OC(C)(C)C.CC(C)N(C(C)C)P(OC(C)(C)C)OC(C)(C)C.C[C@H](CO)c1cc(F)cc(I)c1.C[C@H](COP(=O)(OC(C)(C)C)OC(C)(C)C)c1cc(F)cc(I)c1.N[C@H](CO)c1cc(F)cc(I)c1.Nc1ncc([C@H]2CC[C@H](O)[C@@H](F)C2)nc1-c1ccc(C(=O)O)c(F)c1.S. The van der Waals surface area contributed by atoms with Crippen molar-refractivity contribution in [2.75, 3.05) is 32.2 Å². The molecule has 1 heterocycles. The predicted molar refractivity (Wildman–Crippen MR) is 496 cm³/mol. The van der Waals surface area contributed by atoms with E-state index in [1.54, 1.807) is 95.2 Å². The summed E-state index contributed by atoms with van der Waals surface area (Å²) >= 11 is 8.13. The number of benzene rings is 5. The Morgan fingerprint density at radius 2 is 0.923 bits per heavy atom. The minimum atomic E-state index is -3.84. The van der Waals surface area contributed by atoms with Gasteiger partial charge in [-0.25, -0.2) is 54.9 Å². The number of carboxylic acid groups (broad SMARTS) is 1. The Morgan fingerprint density at radius 1 is 0.556 bits per heavy atom. The van der Waals surface area contributed by atoms with Crippen LogP contribution in [0.15, 0.2) is 97.2 Å². The van der Waals surface area contributed by atoms with Gasteiger partial charge in [-0.1, -0.05) is 27.3 Å². The van der Waals surface area contributed by atoms with E-state index in [4.69, 9.17) is 68.7 Å². The highest BCUT2D eigenvalue weighted by molar-refractivity contribution is 14.1. The number of phosphoric acid groups is 2. The van der Waals surface area contributed by atoms with E-state index in [9.17, 15) is 45.4 Å². The molecule has 666 valence electrons. The fourth-order valence-electron chi connectivity index (χ4n) is 10.1. The van der Waals surface area contributed by atoms with E-state index in [1.807, 2.05) is 71.2 Å². The quantitative estimate of drug-likeness (QED) is 0.0168. The van der Waals surface area contributed by atoms with E-state index in [0.29, 0.717) is 47.3 Å². The molecule has 0 aliphatic heterocycles. The molecule has 5 aromatic carbocycles. The van der Waals surface area contributed by atoms with Crippen LogP contribution in [-0.2, 0) is 45.3 Å². The zero-order valence-corrected chi connectivity index (χ0v) is 83.2. The number of aromatic nitrogens is 2. The van der Waals surface area contributed by atoms with Crippen LogP contribution in [0.2, 0.25) is 0 Å². The van der Waals surface area contributed by atoms with E-state index in [1.165, 1.54) is 60.8 Å². The van der Waals surface area contributed by atoms with Crippen molar-refractivity contribution in [1.82, 2.24) is 14.6 Å². The van der Waals surface area contributed by atoms with Crippen molar-refractivity contribution < 1.29 is 96.9 Å². The molecule has 6 aromatic rings. The number of alkyl halides is 1. The molecular formula is C82H127F6I4N6O15P3S. The molecule has 0 bridgehead atoms. The molecule has 117 heavy (non-hydrogen) atoms. The largest absolute Gasteiger partial charge is 0.478 e. The lowest BCUT2D eigenvalue weighted by Crippen LogP contribution is -2.37. The first-order valence-electron chi connectivity index (χ1n) is 37.2. The molecule has 0 radical (unpaired) electrons. The van der Waals surface area contributed by atoms with E-state index < -0.39 is 88.3 Å². The van der Waals surface area contributed by atoms with Gasteiger partial charge in [0.2, 0.25) is 0 Å². The number of aliphatic hydroxyl groups is 3. The molecule has 7 atom stereocenters. The summed E-state index contributed by atoms with van der Waals surface area (Å²) in [5, 5.41) is 36.0. The van der Waals surface area contributed by atoms with Crippen molar-refractivity contribution in [3.63, 3.8) is 0 Å². The van der Waals surface area contributed by atoms with Crippen molar-refractivity contribution in [3.05, 3.63) is 174 Å². The Hall–Kier alpha value is -2.37. The Bertz CT molecular complexity index is 3830. The first-order chi connectivity index (χ1) is 52.3. The Balaban J connectivity index is 0.00000140. The van der Waals surface area contributed by atoms with Crippen molar-refractivity contribution >= 4 is 140 Å². The van der Waals surface area contributed by atoms with Crippen LogP contribution in [0.3, 0.4) is 0 Å². The molecule has 1 fully saturated rings. The second-order valence-electron chi connectivity index (χ2n) is 33.8. The first-order valence-corrected chi connectivity index (χ1v) is 45.5. The van der Waals surface area contributed by atoms with Crippen LogP contribution in [0.5, 0.6) is 0 Å². The van der Waals surface area contributed by atoms with Crippen LogP contribution in [0, 0.1) is 43.4 Å². The predicted octanol–water partition coefficient (Wildman–Crippen LogP) is 23.7. The smallest absolute Gasteiger partial charge is 0.475 e. The third-order valence-electron chi connectivity index (χ3n) is 14.8. The summed E-state index contributed by atoms with van der Waals surface area (Å²) in [6.07, 6.45) is 0.187. The highest BCUT2D eigenvalue weighted by Crippen LogP contribution is 2.57. The van der Waals surface area contributed by atoms with E-state index in [2.05, 4.69) is 129 Å². The van der Waals surface area contributed by atoms with Gasteiger partial charge in [-0.3, -0.25) is 27.1 Å². The fourth-order valence-corrected chi connectivity index (χ4v) is 18.4. The lowest BCUT2D eigenvalue weighted by atomic mass is 9.84. The second-order valence-corrected chi connectivity index (χ2v) is 43.1. The molecule has 35 heteroatoms. The Morgan fingerprint density at radius 3 is 1.26 bits per heavy atom.